The molecule has 0 aliphatic carbocycles. The molecule has 0 unspecified atom stereocenters. The smallest absolute Gasteiger partial charge is 0.264 e. The Hall–Kier alpha value is -3.28. The highest BCUT2D eigenvalue weighted by Crippen LogP contribution is 2.28. The van der Waals surface area contributed by atoms with E-state index in [1.165, 1.54) is 6.07 Å². The standard InChI is InChI=1S/C22H20ClFN6O3S/c23-14-3-6-18(24)19(11-14)34(31,32)30-15-4-1-13(2-5-15)20-27-21-17(12-26-29-21)22(28-20)33-16-7-9-25-10-8-16/h1-6,11-12,16,25,30H,7-10H2,(H,26,27,28,29). The first-order chi connectivity index (χ1) is 16.4. The average Bonchev–Trinajstić information content (AvgIpc) is 3.31. The van der Waals surface area contributed by atoms with Crippen LogP contribution in [0.4, 0.5) is 10.1 Å². The van der Waals surface area contributed by atoms with Crippen LogP contribution in [0.2, 0.25) is 5.02 Å². The molecule has 3 heterocycles. The Labute approximate surface area is 199 Å². The van der Waals surface area contributed by atoms with Crippen LogP contribution in [-0.4, -0.2) is 47.8 Å². The maximum Gasteiger partial charge on any atom is 0.264 e. The number of nitrogens with zero attached hydrogens (tertiary/aromatic N) is 3. The molecule has 1 fully saturated rings. The second kappa shape index (κ2) is 9.16. The zero-order valence-corrected chi connectivity index (χ0v) is 19.3. The SMILES string of the molecule is O=S(=O)(Nc1ccc(-c2nc(OC3CCNCC3)c3cn[nH]c3n2)cc1)c1cc(Cl)ccc1F. The second-order valence-electron chi connectivity index (χ2n) is 7.81. The van der Waals surface area contributed by atoms with Gasteiger partial charge in [-0.15, -0.1) is 0 Å². The minimum atomic E-state index is -4.17. The van der Waals surface area contributed by atoms with E-state index in [0.717, 1.165) is 38.1 Å². The monoisotopic (exact) mass is 502 g/mol. The third-order valence-electron chi connectivity index (χ3n) is 5.42. The fourth-order valence-corrected chi connectivity index (χ4v) is 5.08. The van der Waals surface area contributed by atoms with Gasteiger partial charge in [0.05, 0.1) is 6.20 Å². The van der Waals surface area contributed by atoms with Gasteiger partial charge in [0, 0.05) is 16.3 Å². The van der Waals surface area contributed by atoms with Crippen molar-refractivity contribution in [2.45, 2.75) is 23.8 Å². The van der Waals surface area contributed by atoms with Gasteiger partial charge in [-0.25, -0.2) is 17.8 Å². The number of aromatic nitrogens is 4. The Balaban J connectivity index is 1.41. The van der Waals surface area contributed by atoms with Crippen molar-refractivity contribution in [3.05, 3.63) is 59.5 Å². The summed E-state index contributed by atoms with van der Waals surface area (Å²) in [5, 5.41) is 11.0. The molecule has 1 aliphatic rings. The number of benzene rings is 2. The van der Waals surface area contributed by atoms with E-state index in [9.17, 15) is 12.8 Å². The molecule has 2 aromatic carbocycles. The Kier molecular flexibility index (Phi) is 6.07. The Morgan fingerprint density at radius 3 is 2.62 bits per heavy atom. The summed E-state index contributed by atoms with van der Waals surface area (Å²) >= 11 is 5.83. The van der Waals surface area contributed by atoms with E-state index in [1.807, 2.05) is 0 Å². The third kappa shape index (κ3) is 4.67. The van der Waals surface area contributed by atoms with E-state index in [0.29, 0.717) is 28.3 Å². The first-order valence-corrected chi connectivity index (χ1v) is 12.4. The van der Waals surface area contributed by atoms with Gasteiger partial charge in [0.1, 0.15) is 22.2 Å². The quantitative estimate of drug-likeness (QED) is 0.367. The van der Waals surface area contributed by atoms with Gasteiger partial charge in [-0.05, 0) is 68.4 Å². The summed E-state index contributed by atoms with van der Waals surface area (Å²) in [5.74, 6) is -0.0473. The molecule has 3 N–H and O–H groups in total. The third-order valence-corrected chi connectivity index (χ3v) is 7.05. The topological polar surface area (TPSA) is 122 Å². The molecule has 0 saturated carbocycles. The Morgan fingerprint density at radius 1 is 1.09 bits per heavy atom. The summed E-state index contributed by atoms with van der Waals surface area (Å²) in [6, 6.07) is 9.77. The molecule has 34 heavy (non-hydrogen) atoms. The van der Waals surface area contributed by atoms with Crippen molar-refractivity contribution in [2.24, 2.45) is 0 Å². The molecule has 2 aromatic heterocycles. The molecule has 0 atom stereocenters. The van der Waals surface area contributed by atoms with E-state index in [1.54, 1.807) is 30.5 Å². The molecule has 176 valence electrons. The predicted octanol–water partition coefficient (Wildman–Crippen LogP) is 3.74. The molecule has 1 saturated heterocycles. The summed E-state index contributed by atoms with van der Waals surface area (Å²) in [6.45, 7) is 1.77. The van der Waals surface area contributed by atoms with Gasteiger partial charge in [0.25, 0.3) is 10.0 Å². The van der Waals surface area contributed by atoms with E-state index in [4.69, 9.17) is 16.3 Å². The fraction of sp³-hybridized carbons (Fsp3) is 0.227. The first-order valence-electron chi connectivity index (χ1n) is 10.6. The number of anilines is 1. The van der Waals surface area contributed by atoms with Crippen LogP contribution in [-0.2, 0) is 10.0 Å². The molecule has 1 aliphatic heterocycles. The summed E-state index contributed by atoms with van der Waals surface area (Å²) < 4.78 is 47.8. The number of fused-ring (bicyclic) bond motifs is 1. The Morgan fingerprint density at radius 2 is 1.85 bits per heavy atom. The molecule has 5 rings (SSSR count). The average molecular weight is 503 g/mol. The highest BCUT2D eigenvalue weighted by atomic mass is 35.5. The van der Waals surface area contributed by atoms with Gasteiger partial charge in [-0.1, -0.05) is 11.6 Å². The summed E-state index contributed by atoms with van der Waals surface area (Å²) in [6.07, 6.45) is 3.43. The number of halogens is 2. The van der Waals surface area contributed by atoms with E-state index in [2.05, 4.69) is 30.2 Å². The zero-order valence-electron chi connectivity index (χ0n) is 17.8. The number of sulfonamides is 1. The Bertz CT molecular complexity index is 1440. The van der Waals surface area contributed by atoms with Crippen LogP contribution in [0.3, 0.4) is 0 Å². The van der Waals surface area contributed by atoms with Crippen molar-refractivity contribution in [1.29, 1.82) is 0 Å². The number of hydrogen-bond donors (Lipinski definition) is 3. The lowest BCUT2D eigenvalue weighted by Crippen LogP contribution is -2.34. The van der Waals surface area contributed by atoms with Crippen molar-refractivity contribution in [2.75, 3.05) is 17.8 Å². The number of nitrogens with one attached hydrogen (secondary N) is 3. The second-order valence-corrected chi connectivity index (χ2v) is 9.90. The predicted molar refractivity (Wildman–Crippen MR) is 126 cm³/mol. The summed E-state index contributed by atoms with van der Waals surface area (Å²) in [7, 11) is -4.17. The van der Waals surface area contributed by atoms with Gasteiger partial charge in [0.2, 0.25) is 5.88 Å². The molecular formula is C22H20ClFN6O3S. The van der Waals surface area contributed by atoms with E-state index in [-0.39, 0.29) is 16.8 Å². The molecule has 0 radical (unpaired) electrons. The van der Waals surface area contributed by atoms with Crippen LogP contribution in [0.25, 0.3) is 22.4 Å². The number of hydrogen-bond acceptors (Lipinski definition) is 7. The van der Waals surface area contributed by atoms with Gasteiger partial charge >= 0.3 is 0 Å². The number of ether oxygens (including phenoxy) is 1. The van der Waals surface area contributed by atoms with Crippen LogP contribution in [0, 0.1) is 5.82 Å². The van der Waals surface area contributed by atoms with Crippen LogP contribution >= 0.6 is 11.6 Å². The number of piperidine rings is 1. The van der Waals surface area contributed by atoms with E-state index >= 15 is 0 Å². The van der Waals surface area contributed by atoms with Crippen molar-refractivity contribution in [3.63, 3.8) is 0 Å². The highest BCUT2D eigenvalue weighted by molar-refractivity contribution is 7.92. The molecule has 0 bridgehead atoms. The fourth-order valence-electron chi connectivity index (χ4n) is 3.68. The van der Waals surface area contributed by atoms with Crippen LogP contribution in [0.1, 0.15) is 12.8 Å². The van der Waals surface area contributed by atoms with Gasteiger partial charge in [-0.2, -0.15) is 10.1 Å². The molecule has 0 amide bonds. The number of rotatable bonds is 6. The maximum atomic E-state index is 14.0. The van der Waals surface area contributed by atoms with Crippen molar-refractivity contribution < 1.29 is 17.5 Å². The maximum absolute atomic E-state index is 14.0. The molecule has 4 aromatic rings. The van der Waals surface area contributed by atoms with Crippen molar-refractivity contribution >= 4 is 38.3 Å². The lowest BCUT2D eigenvalue weighted by atomic mass is 10.1. The lowest BCUT2D eigenvalue weighted by molar-refractivity contribution is 0.158. The highest BCUT2D eigenvalue weighted by Gasteiger charge is 2.21. The molecule has 12 heteroatoms. The van der Waals surface area contributed by atoms with Gasteiger partial charge in [-0.3, -0.25) is 9.82 Å². The molecule has 0 spiro atoms. The summed E-state index contributed by atoms with van der Waals surface area (Å²) in [5.41, 5.74) is 1.43. The largest absolute Gasteiger partial charge is 0.474 e. The van der Waals surface area contributed by atoms with E-state index < -0.39 is 20.7 Å². The van der Waals surface area contributed by atoms with Crippen molar-refractivity contribution in [3.8, 4) is 17.3 Å². The molecule has 9 nitrogen and oxygen atoms in total. The van der Waals surface area contributed by atoms with Crippen LogP contribution in [0.5, 0.6) is 5.88 Å². The zero-order chi connectivity index (χ0) is 23.7. The minimum Gasteiger partial charge on any atom is -0.474 e. The van der Waals surface area contributed by atoms with Crippen LogP contribution < -0.4 is 14.8 Å². The van der Waals surface area contributed by atoms with Crippen molar-refractivity contribution in [1.82, 2.24) is 25.5 Å². The first kappa shape index (κ1) is 22.5. The van der Waals surface area contributed by atoms with Gasteiger partial charge in [0.15, 0.2) is 11.5 Å². The lowest BCUT2D eigenvalue weighted by Gasteiger charge is -2.23. The molecular weight excluding hydrogens is 483 g/mol. The summed E-state index contributed by atoms with van der Waals surface area (Å²) in [4.78, 5) is 8.57. The normalized spacial score (nSPS) is 14.9. The minimum absolute atomic E-state index is 0.0470. The number of H-pyrrole nitrogens is 1. The number of aromatic amines is 1. The van der Waals surface area contributed by atoms with Gasteiger partial charge < -0.3 is 10.1 Å². The van der Waals surface area contributed by atoms with Crippen LogP contribution in [0.15, 0.2) is 53.6 Å².